The van der Waals surface area contributed by atoms with Crippen LogP contribution >= 0.6 is 0 Å². The fraction of sp³-hybridized carbons (Fsp3) is 0.545. The zero-order valence-corrected chi connectivity index (χ0v) is 18.5. The predicted molar refractivity (Wildman–Crippen MR) is 120 cm³/mol. The summed E-state index contributed by atoms with van der Waals surface area (Å²) in [4.78, 5) is 47.3. The van der Waals surface area contributed by atoms with Gasteiger partial charge < -0.3 is 20.7 Å². The molecule has 9 heteroatoms. The maximum Gasteiger partial charge on any atom is 0.243 e. The Morgan fingerprint density at radius 2 is 1.68 bits per heavy atom. The summed E-state index contributed by atoms with van der Waals surface area (Å²) < 4.78 is 4.69. The predicted octanol–water partition coefficient (Wildman–Crippen LogP) is 2.66. The molecule has 0 bridgehead atoms. The van der Waals surface area contributed by atoms with Crippen LogP contribution in [-0.2, 0) is 25.7 Å². The summed E-state index contributed by atoms with van der Waals surface area (Å²) in [6.07, 6.45) is 4.34. The molecule has 0 fully saturated rings. The van der Waals surface area contributed by atoms with Gasteiger partial charge >= 0.3 is 0 Å². The van der Waals surface area contributed by atoms with Crippen LogP contribution in [0.4, 0.5) is 10.5 Å². The van der Waals surface area contributed by atoms with Crippen molar-refractivity contribution in [3.63, 3.8) is 0 Å². The van der Waals surface area contributed by atoms with E-state index in [2.05, 4.69) is 27.6 Å². The molecule has 0 aromatic heterocycles. The van der Waals surface area contributed by atoms with E-state index in [1.54, 1.807) is 24.3 Å². The van der Waals surface area contributed by atoms with Crippen LogP contribution < -0.4 is 16.0 Å². The first-order chi connectivity index (χ1) is 14.7. The third-order valence-electron chi connectivity index (χ3n) is 4.56. The van der Waals surface area contributed by atoms with Crippen molar-refractivity contribution in [2.45, 2.75) is 65.5 Å². The Bertz CT molecular complexity index is 737. The molecule has 2 radical (unpaired) electrons. The van der Waals surface area contributed by atoms with Crippen molar-refractivity contribution in [2.24, 2.45) is 5.92 Å². The van der Waals surface area contributed by atoms with Crippen LogP contribution in [-0.4, -0.2) is 44.0 Å². The van der Waals surface area contributed by atoms with Crippen LogP contribution in [0.2, 0.25) is 0 Å². The molecule has 168 valence electrons. The smallest absolute Gasteiger partial charge is 0.243 e. The lowest BCUT2D eigenvalue weighted by atomic mass is 10.0. The maximum atomic E-state index is 12.5. The van der Waals surface area contributed by atoms with Gasteiger partial charge in [-0.2, -0.15) is 0 Å². The van der Waals surface area contributed by atoms with Crippen molar-refractivity contribution < 1.29 is 23.9 Å². The van der Waals surface area contributed by atoms with Gasteiger partial charge in [-0.05, 0) is 30.0 Å². The molecule has 0 saturated heterocycles. The number of hydrogen-bond donors (Lipinski definition) is 3. The van der Waals surface area contributed by atoms with Gasteiger partial charge in [-0.3, -0.25) is 19.2 Å². The first-order valence-electron chi connectivity index (χ1n) is 10.6. The molecule has 0 heterocycles. The molecule has 31 heavy (non-hydrogen) atoms. The second kappa shape index (κ2) is 14.2. The molecule has 3 amide bonds. The van der Waals surface area contributed by atoms with Crippen molar-refractivity contribution >= 4 is 37.1 Å². The van der Waals surface area contributed by atoms with Crippen LogP contribution in [0.3, 0.4) is 0 Å². The van der Waals surface area contributed by atoms with Crippen molar-refractivity contribution in [1.82, 2.24) is 10.6 Å². The fourth-order valence-corrected chi connectivity index (χ4v) is 2.81. The first kappa shape index (κ1) is 26.2. The van der Waals surface area contributed by atoms with Crippen LogP contribution in [0.25, 0.3) is 0 Å². The largest absolute Gasteiger partial charge is 0.470 e. The summed E-state index contributed by atoms with van der Waals surface area (Å²) in [5.74, 6) is -1.93. The van der Waals surface area contributed by atoms with E-state index in [0.717, 1.165) is 31.2 Å². The number of ether oxygens (including phenoxy) is 1. The summed E-state index contributed by atoms with van der Waals surface area (Å²) in [6, 6.07) is 5.96. The molecule has 0 saturated carbocycles. The minimum absolute atomic E-state index is 0.0422. The molecule has 0 aliphatic carbocycles. The first-order valence-corrected chi connectivity index (χ1v) is 10.6. The van der Waals surface area contributed by atoms with Gasteiger partial charge in [-0.15, -0.1) is 0 Å². The minimum Gasteiger partial charge on any atom is -0.470 e. The number of nitrogens with one attached hydrogen (secondary N) is 3. The molecule has 8 nitrogen and oxygen atoms in total. The highest BCUT2D eigenvalue weighted by Crippen LogP contribution is 2.10. The van der Waals surface area contributed by atoms with Gasteiger partial charge in [0.05, 0.1) is 6.54 Å². The quantitative estimate of drug-likeness (QED) is 0.330. The molecular weight excluding hydrogens is 397 g/mol. The maximum absolute atomic E-state index is 12.5. The van der Waals surface area contributed by atoms with E-state index < -0.39 is 23.7 Å². The Morgan fingerprint density at radius 3 is 2.26 bits per heavy atom. The minimum atomic E-state index is -0.861. The highest BCUT2D eigenvalue weighted by atomic mass is 16.5. The third kappa shape index (κ3) is 11.2. The lowest BCUT2D eigenvalue weighted by Gasteiger charge is -2.21. The average Bonchev–Trinajstić information content (AvgIpc) is 2.72. The third-order valence-corrected chi connectivity index (χ3v) is 4.56. The highest BCUT2D eigenvalue weighted by Gasteiger charge is 2.24. The average molecular weight is 429 g/mol. The van der Waals surface area contributed by atoms with Gasteiger partial charge in [0.2, 0.25) is 31.4 Å². The zero-order chi connectivity index (χ0) is 23.2. The van der Waals surface area contributed by atoms with Gasteiger partial charge in [0.15, 0.2) is 0 Å². The van der Waals surface area contributed by atoms with Crippen molar-refractivity contribution in [2.75, 3.05) is 11.9 Å². The van der Waals surface area contributed by atoms with E-state index in [0.29, 0.717) is 12.1 Å². The zero-order valence-electron chi connectivity index (χ0n) is 18.5. The van der Waals surface area contributed by atoms with E-state index in [-0.39, 0.29) is 25.0 Å². The summed E-state index contributed by atoms with van der Waals surface area (Å²) in [6.45, 7) is 5.60. The Morgan fingerprint density at radius 1 is 1.00 bits per heavy atom. The normalized spacial score (nSPS) is 11.5. The summed E-state index contributed by atoms with van der Waals surface area (Å²) in [5, 5.41) is 8.00. The standard InChI is InChI=1S/C22H32BN3O5/c1-4-5-6-7-8-18(27)26-20(15(2)3)21(29)24-13-19(28)25-17-11-9-16(10-12-17)14-31-22(23)30/h9-12,15,20H,4-8,13-14H2,1-3H3,(H,24,29)(H,25,28)(H,26,27). The van der Waals surface area contributed by atoms with E-state index in [1.165, 1.54) is 0 Å². The monoisotopic (exact) mass is 429 g/mol. The second-order valence-corrected chi connectivity index (χ2v) is 7.67. The molecule has 1 unspecified atom stereocenters. The second-order valence-electron chi connectivity index (χ2n) is 7.67. The number of hydrogen-bond acceptors (Lipinski definition) is 5. The lowest BCUT2D eigenvalue weighted by molar-refractivity contribution is -0.130. The molecule has 0 aliphatic rings. The Hall–Kier alpha value is -2.84. The van der Waals surface area contributed by atoms with Gasteiger partial charge in [0.1, 0.15) is 12.6 Å². The molecule has 1 aromatic rings. The summed E-state index contributed by atoms with van der Waals surface area (Å²) in [7, 11) is 4.92. The number of carbonyl (C=O) groups excluding carboxylic acids is 4. The van der Waals surface area contributed by atoms with Crippen LogP contribution in [0.15, 0.2) is 24.3 Å². The van der Waals surface area contributed by atoms with E-state index in [9.17, 15) is 19.2 Å². The van der Waals surface area contributed by atoms with Crippen molar-refractivity contribution in [1.29, 1.82) is 0 Å². The molecule has 3 N–H and O–H groups in total. The molecule has 1 rings (SSSR count). The SMILES string of the molecule is [B]C(=O)OCc1ccc(NC(=O)CNC(=O)C(NC(=O)CCCCCC)C(C)C)cc1. The van der Waals surface area contributed by atoms with Crippen LogP contribution in [0.1, 0.15) is 58.4 Å². The van der Waals surface area contributed by atoms with E-state index in [1.807, 2.05) is 13.8 Å². The van der Waals surface area contributed by atoms with Crippen molar-refractivity contribution in [3.05, 3.63) is 29.8 Å². The molecule has 1 atom stereocenters. The molecule has 0 spiro atoms. The number of benzene rings is 1. The Labute approximate surface area is 185 Å². The van der Waals surface area contributed by atoms with Gasteiger partial charge in [-0.25, -0.2) is 0 Å². The number of anilines is 1. The fourth-order valence-electron chi connectivity index (χ4n) is 2.81. The summed E-state index contributed by atoms with van der Waals surface area (Å²) >= 11 is 0. The van der Waals surface area contributed by atoms with Crippen LogP contribution in [0.5, 0.6) is 0 Å². The van der Waals surface area contributed by atoms with E-state index in [4.69, 9.17) is 7.85 Å². The molecular formula is C22H32BN3O5. The number of amides is 3. The lowest BCUT2D eigenvalue weighted by Crippen LogP contribution is -2.51. The van der Waals surface area contributed by atoms with Gasteiger partial charge in [0.25, 0.3) is 0 Å². The summed E-state index contributed by atoms with van der Waals surface area (Å²) in [5.41, 5.74) is 1.25. The number of carbonyl (C=O) groups is 4. The van der Waals surface area contributed by atoms with Gasteiger partial charge in [0, 0.05) is 12.1 Å². The number of unbranched alkanes of at least 4 members (excludes halogenated alkanes) is 3. The Kier molecular flexibility index (Phi) is 12.0. The molecule has 1 aromatic carbocycles. The molecule has 0 aliphatic heterocycles. The van der Waals surface area contributed by atoms with E-state index >= 15 is 0 Å². The number of rotatable bonds is 13. The van der Waals surface area contributed by atoms with Gasteiger partial charge in [-0.1, -0.05) is 52.2 Å². The Balaban J connectivity index is 2.46. The van der Waals surface area contributed by atoms with Crippen molar-refractivity contribution in [3.8, 4) is 0 Å². The van der Waals surface area contributed by atoms with Crippen LogP contribution in [0, 0.1) is 5.92 Å². The topological polar surface area (TPSA) is 114 Å². The highest BCUT2D eigenvalue weighted by molar-refractivity contribution is 6.55.